The monoisotopic (exact) mass is 500 g/mol. The van der Waals surface area contributed by atoms with E-state index in [1.54, 1.807) is 30.3 Å². The summed E-state index contributed by atoms with van der Waals surface area (Å²) in [5.74, 6) is -0.913. The highest BCUT2D eigenvalue weighted by Crippen LogP contribution is 2.26. The van der Waals surface area contributed by atoms with Crippen LogP contribution in [0.5, 0.6) is 0 Å². The smallest absolute Gasteiger partial charge is 0.243 e. The Labute approximate surface area is 209 Å². The molecule has 2 amide bonds. The highest BCUT2D eigenvalue weighted by Gasteiger charge is 2.31. The second-order valence-electron chi connectivity index (χ2n) is 8.02. The number of nitrogens with one attached hydrogen (secondary N) is 1. The first kappa shape index (κ1) is 25.7. The van der Waals surface area contributed by atoms with Crippen LogP contribution in [0.2, 0.25) is 10.0 Å². The topological polar surface area (TPSA) is 49.4 Å². The van der Waals surface area contributed by atoms with Gasteiger partial charge in [-0.15, -0.1) is 0 Å². The highest BCUT2D eigenvalue weighted by atomic mass is 35.5. The Morgan fingerprint density at radius 3 is 2.18 bits per heavy atom. The van der Waals surface area contributed by atoms with E-state index in [1.165, 1.54) is 17.0 Å². The van der Waals surface area contributed by atoms with Crippen molar-refractivity contribution < 1.29 is 14.0 Å². The van der Waals surface area contributed by atoms with Gasteiger partial charge in [-0.25, -0.2) is 4.39 Å². The first-order valence-corrected chi connectivity index (χ1v) is 11.9. The number of carbonyl (C=O) groups excluding carboxylic acids is 2. The first-order valence-electron chi connectivity index (χ1n) is 11.2. The third-order valence-electron chi connectivity index (χ3n) is 5.48. The molecule has 0 aliphatic carbocycles. The molecule has 0 heterocycles. The van der Waals surface area contributed by atoms with Crippen LogP contribution in [0.3, 0.4) is 0 Å². The maximum Gasteiger partial charge on any atom is 0.243 e. The van der Waals surface area contributed by atoms with E-state index in [1.807, 2.05) is 37.3 Å². The third-order valence-corrected chi connectivity index (χ3v) is 6.18. The molecule has 1 N–H and O–H groups in total. The van der Waals surface area contributed by atoms with Gasteiger partial charge in [0.2, 0.25) is 11.8 Å². The van der Waals surface area contributed by atoms with E-state index in [-0.39, 0.29) is 30.6 Å². The van der Waals surface area contributed by atoms with E-state index >= 15 is 0 Å². The Morgan fingerprint density at radius 1 is 0.912 bits per heavy atom. The summed E-state index contributed by atoms with van der Waals surface area (Å²) >= 11 is 12.6. The van der Waals surface area contributed by atoms with Crippen LogP contribution in [0.15, 0.2) is 72.8 Å². The summed E-state index contributed by atoms with van der Waals surface area (Å²) in [6.45, 7) is 2.60. The molecule has 0 saturated carbocycles. The van der Waals surface area contributed by atoms with Gasteiger partial charge in [-0.05, 0) is 47.4 Å². The lowest BCUT2D eigenvalue weighted by Crippen LogP contribution is -2.51. The Hall–Kier alpha value is -2.89. The molecule has 0 spiro atoms. The van der Waals surface area contributed by atoms with Crippen molar-refractivity contribution in [3.8, 4) is 0 Å². The lowest BCUT2D eigenvalue weighted by molar-refractivity contribution is -0.140. The van der Waals surface area contributed by atoms with Crippen molar-refractivity contribution in [2.24, 2.45) is 0 Å². The molecule has 0 bridgehead atoms. The molecule has 3 aromatic rings. The van der Waals surface area contributed by atoms with Crippen molar-refractivity contribution in [2.45, 2.75) is 38.8 Å². The van der Waals surface area contributed by atoms with Crippen LogP contribution >= 0.6 is 23.2 Å². The molecule has 1 atom stereocenters. The fraction of sp³-hybridized carbons (Fsp3) is 0.259. The van der Waals surface area contributed by atoms with E-state index in [2.05, 4.69) is 5.32 Å². The molecule has 0 aliphatic heterocycles. The Bertz CT molecular complexity index is 1090. The number of benzene rings is 3. The van der Waals surface area contributed by atoms with Gasteiger partial charge in [0.15, 0.2) is 0 Å². The maximum atomic E-state index is 13.7. The number of hydrogen-bond acceptors (Lipinski definition) is 2. The van der Waals surface area contributed by atoms with Crippen LogP contribution in [-0.2, 0) is 29.0 Å². The molecular weight excluding hydrogens is 474 g/mol. The summed E-state index contributed by atoms with van der Waals surface area (Å²) in [6, 6.07) is 19.7. The number of carbonyl (C=O) groups is 2. The summed E-state index contributed by atoms with van der Waals surface area (Å²) in [6.07, 6.45) is 1.04. The number of amides is 2. The second-order valence-corrected chi connectivity index (χ2v) is 8.84. The van der Waals surface area contributed by atoms with Gasteiger partial charge in [0.1, 0.15) is 11.9 Å². The van der Waals surface area contributed by atoms with Gasteiger partial charge in [-0.3, -0.25) is 9.59 Å². The molecule has 0 aromatic heterocycles. The fourth-order valence-corrected chi connectivity index (χ4v) is 4.19. The summed E-state index contributed by atoms with van der Waals surface area (Å²) in [5.41, 5.74) is 2.14. The number of rotatable bonds is 10. The van der Waals surface area contributed by atoms with Gasteiger partial charge in [0, 0.05) is 29.6 Å². The van der Waals surface area contributed by atoms with Gasteiger partial charge in [0.05, 0.1) is 6.42 Å². The molecule has 3 aromatic carbocycles. The van der Waals surface area contributed by atoms with Crippen LogP contribution in [0, 0.1) is 5.82 Å². The van der Waals surface area contributed by atoms with Gasteiger partial charge < -0.3 is 10.2 Å². The molecule has 0 saturated heterocycles. The lowest BCUT2D eigenvalue weighted by atomic mass is 10.0. The molecule has 178 valence electrons. The van der Waals surface area contributed by atoms with Crippen molar-refractivity contribution in [3.05, 3.63) is 105 Å². The van der Waals surface area contributed by atoms with Crippen LogP contribution < -0.4 is 5.32 Å². The standard InChI is InChI=1S/C27H27Cl2FN2O2/c1-2-15-31-27(34)25(16-19-7-4-3-5-8-19)32(18-20-11-13-21(30)14-12-20)26(33)17-22-23(28)9-6-10-24(22)29/h3-14,25H,2,15-18H2,1H3,(H,31,34). The van der Waals surface area contributed by atoms with Gasteiger partial charge in [-0.1, -0.05) is 78.7 Å². The van der Waals surface area contributed by atoms with Crippen molar-refractivity contribution in [2.75, 3.05) is 6.54 Å². The molecule has 1 unspecified atom stereocenters. The predicted octanol–water partition coefficient (Wildman–Crippen LogP) is 5.84. The van der Waals surface area contributed by atoms with Gasteiger partial charge in [-0.2, -0.15) is 0 Å². The number of nitrogens with zero attached hydrogens (tertiary/aromatic N) is 1. The highest BCUT2D eigenvalue weighted by molar-refractivity contribution is 6.36. The second kappa shape index (κ2) is 12.5. The van der Waals surface area contributed by atoms with E-state index < -0.39 is 6.04 Å². The van der Waals surface area contributed by atoms with Crippen LogP contribution in [0.4, 0.5) is 4.39 Å². The molecule has 4 nitrogen and oxygen atoms in total. The molecule has 7 heteroatoms. The van der Waals surface area contributed by atoms with E-state index in [4.69, 9.17) is 23.2 Å². The third kappa shape index (κ3) is 7.05. The van der Waals surface area contributed by atoms with Crippen LogP contribution in [-0.4, -0.2) is 29.3 Å². The minimum atomic E-state index is -0.771. The Kier molecular flexibility index (Phi) is 9.49. The zero-order chi connectivity index (χ0) is 24.5. The summed E-state index contributed by atoms with van der Waals surface area (Å²) in [5, 5.41) is 3.70. The predicted molar refractivity (Wildman–Crippen MR) is 134 cm³/mol. The van der Waals surface area contributed by atoms with Crippen molar-refractivity contribution >= 4 is 35.0 Å². The SMILES string of the molecule is CCCNC(=O)C(Cc1ccccc1)N(Cc1ccc(F)cc1)C(=O)Cc1c(Cl)cccc1Cl. The zero-order valence-corrected chi connectivity index (χ0v) is 20.5. The fourth-order valence-electron chi connectivity index (χ4n) is 3.66. The Balaban J connectivity index is 1.98. The summed E-state index contributed by atoms with van der Waals surface area (Å²) in [4.78, 5) is 28.5. The van der Waals surface area contributed by atoms with Crippen molar-refractivity contribution in [1.29, 1.82) is 0 Å². The molecule has 0 aliphatic rings. The molecule has 0 fully saturated rings. The normalized spacial score (nSPS) is 11.6. The maximum absolute atomic E-state index is 13.7. The van der Waals surface area contributed by atoms with Crippen molar-refractivity contribution in [3.63, 3.8) is 0 Å². The van der Waals surface area contributed by atoms with E-state index in [9.17, 15) is 14.0 Å². The first-order chi connectivity index (χ1) is 16.4. The summed E-state index contributed by atoms with van der Waals surface area (Å²) < 4.78 is 13.5. The molecule has 34 heavy (non-hydrogen) atoms. The average Bonchev–Trinajstić information content (AvgIpc) is 2.84. The molecule has 3 rings (SSSR count). The van der Waals surface area contributed by atoms with Gasteiger partial charge >= 0.3 is 0 Å². The quantitative estimate of drug-likeness (QED) is 0.380. The molecule has 0 radical (unpaired) electrons. The zero-order valence-electron chi connectivity index (χ0n) is 18.9. The van der Waals surface area contributed by atoms with Crippen LogP contribution in [0.25, 0.3) is 0 Å². The largest absolute Gasteiger partial charge is 0.354 e. The average molecular weight is 501 g/mol. The number of hydrogen-bond donors (Lipinski definition) is 1. The molecular formula is C27H27Cl2FN2O2. The number of halogens is 3. The van der Waals surface area contributed by atoms with Crippen LogP contribution in [0.1, 0.15) is 30.0 Å². The summed E-state index contributed by atoms with van der Waals surface area (Å²) in [7, 11) is 0. The minimum Gasteiger partial charge on any atom is -0.354 e. The van der Waals surface area contributed by atoms with E-state index in [0.29, 0.717) is 34.1 Å². The van der Waals surface area contributed by atoms with E-state index in [0.717, 1.165) is 12.0 Å². The lowest BCUT2D eigenvalue weighted by Gasteiger charge is -2.32. The van der Waals surface area contributed by atoms with Crippen molar-refractivity contribution in [1.82, 2.24) is 10.2 Å². The van der Waals surface area contributed by atoms with Gasteiger partial charge in [0.25, 0.3) is 0 Å². The Morgan fingerprint density at radius 2 is 1.56 bits per heavy atom. The minimum absolute atomic E-state index is 0.0634.